The number of rotatable bonds is 6. The number of carbonyl (C=O) groups excluding carboxylic acids is 2. The number of methoxy groups -OCH3 is 1. The van der Waals surface area contributed by atoms with Crippen LogP contribution in [0.3, 0.4) is 0 Å². The standard InChI is InChI=1S/C13H20O3/c1-3-4-6-10(9-13(15)16-2)11-7-5-8-12(11)14/h7,10H,3-6,8-9H2,1-2H3. The Morgan fingerprint density at radius 3 is 2.81 bits per heavy atom. The molecule has 3 heteroatoms. The third-order valence-corrected chi connectivity index (χ3v) is 3.04. The molecule has 0 aromatic heterocycles. The number of allylic oxidation sites excluding steroid dienone is 2. The maximum atomic E-state index is 11.6. The van der Waals surface area contributed by atoms with E-state index in [0.29, 0.717) is 12.8 Å². The zero-order valence-electron chi connectivity index (χ0n) is 10.1. The van der Waals surface area contributed by atoms with Crippen molar-refractivity contribution in [3.05, 3.63) is 11.6 Å². The summed E-state index contributed by atoms with van der Waals surface area (Å²) in [6.45, 7) is 2.11. The van der Waals surface area contributed by atoms with Crippen LogP contribution < -0.4 is 0 Å². The molecule has 0 aromatic carbocycles. The van der Waals surface area contributed by atoms with Crippen molar-refractivity contribution in [2.75, 3.05) is 7.11 Å². The van der Waals surface area contributed by atoms with Crippen molar-refractivity contribution in [3.63, 3.8) is 0 Å². The molecule has 1 aliphatic rings. The Morgan fingerprint density at radius 2 is 2.31 bits per heavy atom. The summed E-state index contributed by atoms with van der Waals surface area (Å²) >= 11 is 0. The first-order chi connectivity index (χ1) is 7.69. The molecule has 0 N–H and O–H groups in total. The van der Waals surface area contributed by atoms with Gasteiger partial charge in [0.1, 0.15) is 0 Å². The summed E-state index contributed by atoms with van der Waals surface area (Å²) in [7, 11) is 1.39. The van der Waals surface area contributed by atoms with Gasteiger partial charge in [0.2, 0.25) is 0 Å². The van der Waals surface area contributed by atoms with E-state index in [9.17, 15) is 9.59 Å². The number of ether oxygens (including phenoxy) is 1. The van der Waals surface area contributed by atoms with Crippen LogP contribution in [-0.2, 0) is 14.3 Å². The summed E-state index contributed by atoms with van der Waals surface area (Å²) in [6.07, 6.45) is 6.81. The van der Waals surface area contributed by atoms with E-state index in [1.807, 2.05) is 6.08 Å². The largest absolute Gasteiger partial charge is 0.469 e. The number of ketones is 1. The predicted molar refractivity (Wildman–Crippen MR) is 62.0 cm³/mol. The number of hydrogen-bond acceptors (Lipinski definition) is 3. The monoisotopic (exact) mass is 224 g/mol. The molecule has 1 aliphatic carbocycles. The van der Waals surface area contributed by atoms with Crippen molar-refractivity contribution in [3.8, 4) is 0 Å². The first-order valence-corrected chi connectivity index (χ1v) is 5.99. The van der Waals surface area contributed by atoms with E-state index in [1.165, 1.54) is 7.11 Å². The van der Waals surface area contributed by atoms with E-state index >= 15 is 0 Å². The van der Waals surface area contributed by atoms with Gasteiger partial charge in [-0.2, -0.15) is 0 Å². The summed E-state index contributed by atoms with van der Waals surface area (Å²) in [5, 5.41) is 0. The van der Waals surface area contributed by atoms with Gasteiger partial charge in [0.15, 0.2) is 5.78 Å². The van der Waals surface area contributed by atoms with E-state index in [1.54, 1.807) is 0 Å². The van der Waals surface area contributed by atoms with Gasteiger partial charge in [-0.05, 0) is 24.3 Å². The van der Waals surface area contributed by atoms with Crippen molar-refractivity contribution in [1.29, 1.82) is 0 Å². The number of carbonyl (C=O) groups is 2. The fourth-order valence-corrected chi connectivity index (χ4v) is 2.11. The van der Waals surface area contributed by atoms with Crippen LogP contribution in [0.1, 0.15) is 45.4 Å². The molecule has 0 radical (unpaired) electrons. The predicted octanol–water partition coefficient (Wildman–Crippen LogP) is 2.65. The fourth-order valence-electron chi connectivity index (χ4n) is 2.11. The quantitative estimate of drug-likeness (QED) is 0.651. The molecule has 1 unspecified atom stereocenters. The Balaban J connectivity index is 2.62. The summed E-state index contributed by atoms with van der Waals surface area (Å²) in [5.41, 5.74) is 0.860. The Hall–Kier alpha value is -1.12. The lowest BCUT2D eigenvalue weighted by atomic mass is 9.89. The molecule has 1 rings (SSSR count). The molecule has 0 aliphatic heterocycles. The molecule has 1 atom stereocenters. The van der Waals surface area contributed by atoms with Crippen molar-refractivity contribution in [2.45, 2.75) is 45.4 Å². The van der Waals surface area contributed by atoms with Gasteiger partial charge in [0.25, 0.3) is 0 Å². The van der Waals surface area contributed by atoms with Gasteiger partial charge in [0.05, 0.1) is 13.5 Å². The van der Waals surface area contributed by atoms with Gasteiger partial charge < -0.3 is 4.74 Å². The molecule has 16 heavy (non-hydrogen) atoms. The van der Waals surface area contributed by atoms with E-state index in [2.05, 4.69) is 11.7 Å². The van der Waals surface area contributed by atoms with Gasteiger partial charge in [-0.3, -0.25) is 9.59 Å². The van der Waals surface area contributed by atoms with Crippen LogP contribution in [0.15, 0.2) is 11.6 Å². The highest BCUT2D eigenvalue weighted by Crippen LogP contribution is 2.28. The molecule has 0 fully saturated rings. The maximum Gasteiger partial charge on any atom is 0.306 e. The Bertz CT molecular complexity index is 292. The fraction of sp³-hybridized carbons (Fsp3) is 0.692. The number of unbranched alkanes of at least 4 members (excludes halogenated alkanes) is 1. The van der Waals surface area contributed by atoms with Crippen molar-refractivity contribution < 1.29 is 14.3 Å². The van der Waals surface area contributed by atoms with Crippen molar-refractivity contribution in [2.24, 2.45) is 5.92 Å². The topological polar surface area (TPSA) is 43.4 Å². The van der Waals surface area contributed by atoms with Crippen LogP contribution in [0.4, 0.5) is 0 Å². The highest BCUT2D eigenvalue weighted by Gasteiger charge is 2.25. The van der Waals surface area contributed by atoms with Crippen LogP contribution in [0, 0.1) is 5.92 Å². The van der Waals surface area contributed by atoms with Gasteiger partial charge >= 0.3 is 5.97 Å². The second-order valence-electron chi connectivity index (χ2n) is 4.24. The highest BCUT2D eigenvalue weighted by molar-refractivity contribution is 5.98. The molecule has 0 spiro atoms. The zero-order valence-corrected chi connectivity index (χ0v) is 10.1. The SMILES string of the molecule is CCCCC(CC(=O)OC)C1=CCCC1=O. The minimum atomic E-state index is -0.221. The molecule has 0 saturated heterocycles. The number of esters is 1. The second-order valence-corrected chi connectivity index (χ2v) is 4.24. The smallest absolute Gasteiger partial charge is 0.306 e. The minimum Gasteiger partial charge on any atom is -0.469 e. The normalized spacial score (nSPS) is 17.1. The van der Waals surface area contributed by atoms with Crippen LogP contribution >= 0.6 is 0 Å². The van der Waals surface area contributed by atoms with Gasteiger partial charge in [0, 0.05) is 6.42 Å². The van der Waals surface area contributed by atoms with Crippen molar-refractivity contribution >= 4 is 11.8 Å². The van der Waals surface area contributed by atoms with E-state index in [-0.39, 0.29) is 17.7 Å². The molecular formula is C13H20O3. The summed E-state index contributed by atoms with van der Waals surface area (Å²) in [4.78, 5) is 22.9. The minimum absolute atomic E-state index is 0.0717. The summed E-state index contributed by atoms with van der Waals surface area (Å²) < 4.78 is 4.68. The van der Waals surface area contributed by atoms with Crippen LogP contribution in [0.5, 0.6) is 0 Å². The number of hydrogen-bond donors (Lipinski definition) is 0. The maximum absolute atomic E-state index is 11.6. The zero-order chi connectivity index (χ0) is 12.0. The van der Waals surface area contributed by atoms with Crippen molar-refractivity contribution in [1.82, 2.24) is 0 Å². The molecule has 0 aromatic rings. The first-order valence-electron chi connectivity index (χ1n) is 5.99. The summed E-state index contributed by atoms with van der Waals surface area (Å²) in [5.74, 6) is 0.0640. The van der Waals surface area contributed by atoms with Crippen LogP contribution in [0.2, 0.25) is 0 Å². The summed E-state index contributed by atoms with van der Waals surface area (Å²) in [6, 6.07) is 0. The second kappa shape index (κ2) is 6.46. The molecule has 0 saturated carbocycles. The average molecular weight is 224 g/mol. The van der Waals surface area contributed by atoms with E-state index in [0.717, 1.165) is 31.3 Å². The molecular weight excluding hydrogens is 204 g/mol. The Kier molecular flexibility index (Phi) is 5.23. The van der Waals surface area contributed by atoms with E-state index in [4.69, 9.17) is 0 Å². The van der Waals surface area contributed by atoms with Crippen LogP contribution in [0.25, 0.3) is 0 Å². The third-order valence-electron chi connectivity index (χ3n) is 3.04. The highest BCUT2D eigenvalue weighted by atomic mass is 16.5. The lowest BCUT2D eigenvalue weighted by molar-refractivity contribution is -0.141. The van der Waals surface area contributed by atoms with Gasteiger partial charge in [-0.25, -0.2) is 0 Å². The molecule has 0 heterocycles. The molecule has 0 bridgehead atoms. The third kappa shape index (κ3) is 3.47. The molecule has 90 valence electrons. The van der Waals surface area contributed by atoms with Crippen LogP contribution in [-0.4, -0.2) is 18.9 Å². The first kappa shape index (κ1) is 12.9. The molecule has 0 amide bonds. The average Bonchev–Trinajstić information content (AvgIpc) is 2.70. The lowest BCUT2D eigenvalue weighted by Crippen LogP contribution is -2.15. The van der Waals surface area contributed by atoms with Gasteiger partial charge in [-0.15, -0.1) is 0 Å². The number of Topliss-reactive ketones (excluding diaryl/α,β-unsaturated/α-hetero) is 1. The van der Waals surface area contributed by atoms with Gasteiger partial charge in [-0.1, -0.05) is 25.8 Å². The molecule has 3 nitrogen and oxygen atoms in total. The lowest BCUT2D eigenvalue weighted by Gasteiger charge is -2.15. The Morgan fingerprint density at radius 1 is 1.56 bits per heavy atom. The Labute approximate surface area is 96.9 Å². The van der Waals surface area contributed by atoms with E-state index < -0.39 is 0 Å².